The number of amides is 2. The summed E-state index contributed by atoms with van der Waals surface area (Å²) in [4.78, 5) is 26.5. The van der Waals surface area contributed by atoms with Crippen LogP contribution in [0.1, 0.15) is 46.4 Å². The SMILES string of the molecule is O=C(NC1CC1)c1ccc(OCC2CCN(C(=O)c3cccc(Cl)c3)CC2)cc1. The molecule has 2 fully saturated rings. The van der Waals surface area contributed by atoms with E-state index in [9.17, 15) is 9.59 Å². The predicted molar refractivity (Wildman–Crippen MR) is 113 cm³/mol. The lowest BCUT2D eigenvalue weighted by atomic mass is 9.97. The number of halogens is 1. The van der Waals surface area contributed by atoms with Gasteiger partial charge in [-0.25, -0.2) is 0 Å². The Morgan fingerprint density at radius 3 is 2.38 bits per heavy atom. The molecule has 2 aromatic carbocycles. The number of benzene rings is 2. The average Bonchev–Trinajstić information content (AvgIpc) is 3.56. The molecule has 0 bridgehead atoms. The Hall–Kier alpha value is -2.53. The lowest BCUT2D eigenvalue weighted by Gasteiger charge is -2.32. The van der Waals surface area contributed by atoms with Crippen LogP contribution in [0.3, 0.4) is 0 Å². The minimum atomic E-state index is -0.0178. The molecular weight excluding hydrogens is 388 g/mol. The number of nitrogens with zero attached hydrogens (tertiary/aromatic N) is 1. The third kappa shape index (κ3) is 5.30. The van der Waals surface area contributed by atoms with Crippen molar-refractivity contribution in [1.29, 1.82) is 0 Å². The van der Waals surface area contributed by atoms with Gasteiger partial charge >= 0.3 is 0 Å². The van der Waals surface area contributed by atoms with Crippen molar-refractivity contribution in [3.8, 4) is 5.75 Å². The largest absolute Gasteiger partial charge is 0.493 e. The summed E-state index contributed by atoms with van der Waals surface area (Å²) in [6, 6.07) is 14.8. The van der Waals surface area contributed by atoms with Crippen molar-refractivity contribution < 1.29 is 14.3 Å². The van der Waals surface area contributed by atoms with Crippen LogP contribution in [0, 0.1) is 5.92 Å². The second-order valence-corrected chi connectivity index (χ2v) is 8.27. The molecule has 1 saturated carbocycles. The van der Waals surface area contributed by atoms with E-state index in [0.29, 0.717) is 34.7 Å². The van der Waals surface area contributed by atoms with E-state index in [-0.39, 0.29) is 11.8 Å². The topological polar surface area (TPSA) is 58.6 Å². The first-order valence-corrected chi connectivity index (χ1v) is 10.5. The van der Waals surface area contributed by atoms with Crippen LogP contribution in [0.25, 0.3) is 0 Å². The van der Waals surface area contributed by atoms with E-state index in [0.717, 1.165) is 44.5 Å². The third-order valence-electron chi connectivity index (χ3n) is 5.49. The van der Waals surface area contributed by atoms with E-state index in [1.54, 1.807) is 36.4 Å². The Morgan fingerprint density at radius 1 is 1.00 bits per heavy atom. The van der Waals surface area contributed by atoms with Crippen LogP contribution >= 0.6 is 11.6 Å². The zero-order valence-electron chi connectivity index (χ0n) is 16.3. The number of rotatable bonds is 6. The fraction of sp³-hybridized carbons (Fsp3) is 0.391. The van der Waals surface area contributed by atoms with Gasteiger partial charge in [-0.3, -0.25) is 9.59 Å². The van der Waals surface area contributed by atoms with Crippen molar-refractivity contribution in [2.24, 2.45) is 5.92 Å². The number of carbonyl (C=O) groups excluding carboxylic acids is 2. The van der Waals surface area contributed by atoms with E-state index in [1.165, 1.54) is 0 Å². The molecule has 29 heavy (non-hydrogen) atoms. The van der Waals surface area contributed by atoms with Gasteiger partial charge in [0.1, 0.15) is 5.75 Å². The summed E-state index contributed by atoms with van der Waals surface area (Å²) in [5.41, 5.74) is 1.30. The normalized spacial score (nSPS) is 17.1. The van der Waals surface area contributed by atoms with Crippen molar-refractivity contribution >= 4 is 23.4 Å². The maximum atomic E-state index is 12.6. The number of hydrogen-bond acceptors (Lipinski definition) is 3. The van der Waals surface area contributed by atoms with Crippen molar-refractivity contribution in [2.75, 3.05) is 19.7 Å². The minimum Gasteiger partial charge on any atom is -0.493 e. The molecule has 0 radical (unpaired) electrons. The van der Waals surface area contributed by atoms with Crippen molar-refractivity contribution in [2.45, 2.75) is 31.7 Å². The second kappa shape index (κ2) is 8.87. The van der Waals surface area contributed by atoms with E-state index < -0.39 is 0 Å². The molecule has 4 rings (SSSR count). The first-order chi connectivity index (χ1) is 14.1. The zero-order valence-corrected chi connectivity index (χ0v) is 17.0. The van der Waals surface area contributed by atoms with Crippen LogP contribution in [-0.4, -0.2) is 42.5 Å². The Kier molecular flexibility index (Phi) is 6.05. The quantitative estimate of drug-likeness (QED) is 0.774. The van der Waals surface area contributed by atoms with Gasteiger partial charge in [0.05, 0.1) is 6.61 Å². The molecule has 1 saturated heterocycles. The average molecular weight is 413 g/mol. The highest BCUT2D eigenvalue weighted by molar-refractivity contribution is 6.30. The highest BCUT2D eigenvalue weighted by atomic mass is 35.5. The van der Waals surface area contributed by atoms with E-state index in [4.69, 9.17) is 16.3 Å². The first-order valence-electron chi connectivity index (χ1n) is 10.2. The number of likely N-dealkylation sites (tertiary alicyclic amines) is 1. The van der Waals surface area contributed by atoms with Gasteiger partial charge in [-0.2, -0.15) is 0 Å². The molecule has 1 N–H and O–H groups in total. The standard InChI is InChI=1S/C23H25ClN2O3/c24-19-3-1-2-18(14-19)23(28)26-12-10-16(11-13-26)15-29-21-8-4-17(5-9-21)22(27)25-20-6-7-20/h1-5,8-9,14,16,20H,6-7,10-13,15H2,(H,25,27). The van der Waals surface area contributed by atoms with Crippen molar-refractivity contribution in [1.82, 2.24) is 10.2 Å². The molecule has 152 valence electrons. The molecule has 5 nitrogen and oxygen atoms in total. The van der Waals surface area contributed by atoms with Gasteiger partial charge in [0, 0.05) is 35.3 Å². The summed E-state index contributed by atoms with van der Waals surface area (Å²) in [6.45, 7) is 2.06. The van der Waals surface area contributed by atoms with Gasteiger partial charge in [-0.1, -0.05) is 17.7 Å². The Labute approximate surface area is 176 Å². The number of piperidine rings is 1. The predicted octanol–water partition coefficient (Wildman–Crippen LogP) is 4.16. The number of carbonyl (C=O) groups is 2. The van der Waals surface area contributed by atoms with Gasteiger partial charge in [0.15, 0.2) is 0 Å². The van der Waals surface area contributed by atoms with Crippen molar-refractivity contribution in [3.05, 3.63) is 64.7 Å². The smallest absolute Gasteiger partial charge is 0.253 e. The summed E-state index contributed by atoms with van der Waals surface area (Å²) >= 11 is 5.99. The zero-order chi connectivity index (χ0) is 20.2. The lowest BCUT2D eigenvalue weighted by molar-refractivity contribution is 0.0660. The Morgan fingerprint density at radius 2 is 1.72 bits per heavy atom. The molecule has 1 heterocycles. The molecule has 0 spiro atoms. The van der Waals surface area contributed by atoms with Crippen LogP contribution in [0.4, 0.5) is 0 Å². The summed E-state index contributed by atoms with van der Waals surface area (Å²) in [5.74, 6) is 1.20. The first kappa shape index (κ1) is 19.8. The molecule has 2 aliphatic rings. The molecule has 6 heteroatoms. The van der Waals surface area contributed by atoms with Gasteiger partial charge in [-0.05, 0) is 74.1 Å². The molecular formula is C23H25ClN2O3. The lowest BCUT2D eigenvalue weighted by Crippen LogP contribution is -2.39. The van der Waals surface area contributed by atoms with Gasteiger partial charge in [0.2, 0.25) is 0 Å². The summed E-state index contributed by atoms with van der Waals surface area (Å²) in [6.07, 6.45) is 3.98. The maximum Gasteiger partial charge on any atom is 0.253 e. The van der Waals surface area contributed by atoms with Crippen LogP contribution in [0.5, 0.6) is 5.75 Å². The molecule has 0 aromatic heterocycles. The van der Waals surface area contributed by atoms with Crippen LogP contribution in [0.2, 0.25) is 5.02 Å². The van der Waals surface area contributed by atoms with Crippen molar-refractivity contribution in [3.63, 3.8) is 0 Å². The third-order valence-corrected chi connectivity index (χ3v) is 5.72. The molecule has 2 amide bonds. The monoisotopic (exact) mass is 412 g/mol. The molecule has 0 atom stereocenters. The number of nitrogens with one attached hydrogen (secondary N) is 1. The molecule has 0 unspecified atom stereocenters. The maximum absolute atomic E-state index is 12.6. The van der Waals surface area contributed by atoms with E-state index >= 15 is 0 Å². The molecule has 1 aliphatic carbocycles. The fourth-order valence-corrected chi connectivity index (χ4v) is 3.71. The minimum absolute atomic E-state index is 0.0178. The number of hydrogen-bond donors (Lipinski definition) is 1. The van der Waals surface area contributed by atoms with E-state index in [1.807, 2.05) is 17.0 Å². The van der Waals surface area contributed by atoms with Crippen LogP contribution in [-0.2, 0) is 0 Å². The van der Waals surface area contributed by atoms with Gasteiger partial charge in [0.25, 0.3) is 11.8 Å². The highest BCUT2D eigenvalue weighted by Gasteiger charge is 2.25. The summed E-state index contributed by atoms with van der Waals surface area (Å²) in [5, 5.41) is 3.56. The summed E-state index contributed by atoms with van der Waals surface area (Å²) in [7, 11) is 0. The second-order valence-electron chi connectivity index (χ2n) is 7.83. The Balaban J connectivity index is 1.22. The van der Waals surface area contributed by atoms with Crippen LogP contribution in [0.15, 0.2) is 48.5 Å². The Bertz CT molecular complexity index is 872. The van der Waals surface area contributed by atoms with Gasteiger partial charge in [-0.15, -0.1) is 0 Å². The number of ether oxygens (including phenoxy) is 1. The molecule has 2 aromatic rings. The molecule has 1 aliphatic heterocycles. The van der Waals surface area contributed by atoms with Crippen LogP contribution < -0.4 is 10.1 Å². The van der Waals surface area contributed by atoms with E-state index in [2.05, 4.69) is 5.32 Å². The van der Waals surface area contributed by atoms with Gasteiger partial charge < -0.3 is 15.0 Å². The summed E-state index contributed by atoms with van der Waals surface area (Å²) < 4.78 is 5.92. The fourth-order valence-electron chi connectivity index (χ4n) is 3.52. The highest BCUT2D eigenvalue weighted by Crippen LogP contribution is 2.23.